The third-order valence-corrected chi connectivity index (χ3v) is 4.49. The van der Waals surface area contributed by atoms with E-state index in [-0.39, 0.29) is 11.8 Å². The van der Waals surface area contributed by atoms with Crippen molar-refractivity contribution < 1.29 is 9.59 Å². The van der Waals surface area contributed by atoms with E-state index < -0.39 is 5.54 Å². The van der Waals surface area contributed by atoms with E-state index in [0.717, 1.165) is 25.7 Å². The van der Waals surface area contributed by atoms with Gasteiger partial charge in [0.1, 0.15) is 0 Å². The van der Waals surface area contributed by atoms with Crippen LogP contribution >= 0.6 is 11.3 Å². The molecule has 20 heavy (non-hydrogen) atoms. The molecule has 1 saturated carbocycles. The van der Waals surface area contributed by atoms with Crippen LogP contribution in [0.2, 0.25) is 0 Å². The van der Waals surface area contributed by atoms with E-state index in [0.29, 0.717) is 24.4 Å². The Bertz CT molecular complexity index is 453. The van der Waals surface area contributed by atoms with Crippen molar-refractivity contribution in [2.24, 2.45) is 5.73 Å². The second-order valence-electron chi connectivity index (χ2n) is 5.21. The van der Waals surface area contributed by atoms with Gasteiger partial charge >= 0.3 is 0 Å². The van der Waals surface area contributed by atoms with Gasteiger partial charge in [-0.25, -0.2) is 0 Å². The Labute approximate surface area is 122 Å². The van der Waals surface area contributed by atoms with Crippen molar-refractivity contribution in [3.05, 3.63) is 22.4 Å². The molecule has 1 aromatic rings. The first kappa shape index (κ1) is 15.0. The predicted octanol–water partition coefficient (Wildman–Crippen LogP) is 1.26. The number of carbonyl (C=O) groups is 2. The van der Waals surface area contributed by atoms with Crippen LogP contribution in [0, 0.1) is 0 Å². The Morgan fingerprint density at radius 2 is 1.95 bits per heavy atom. The van der Waals surface area contributed by atoms with Crippen LogP contribution in [0.25, 0.3) is 0 Å². The second kappa shape index (κ2) is 6.85. The molecule has 2 amide bonds. The van der Waals surface area contributed by atoms with Crippen molar-refractivity contribution >= 4 is 23.2 Å². The van der Waals surface area contributed by atoms with Crippen LogP contribution in [0.3, 0.4) is 0 Å². The van der Waals surface area contributed by atoms with Gasteiger partial charge in [-0.3, -0.25) is 9.59 Å². The Morgan fingerprint density at radius 3 is 2.60 bits per heavy atom. The van der Waals surface area contributed by atoms with E-state index in [9.17, 15) is 9.59 Å². The summed E-state index contributed by atoms with van der Waals surface area (Å²) < 4.78 is 0. The summed E-state index contributed by atoms with van der Waals surface area (Å²) in [5, 5.41) is 7.56. The molecule has 6 heteroatoms. The van der Waals surface area contributed by atoms with Crippen molar-refractivity contribution in [1.29, 1.82) is 0 Å². The summed E-state index contributed by atoms with van der Waals surface area (Å²) in [7, 11) is 0. The second-order valence-corrected chi connectivity index (χ2v) is 6.15. The predicted molar refractivity (Wildman–Crippen MR) is 79.7 cm³/mol. The highest BCUT2D eigenvalue weighted by Gasteiger charge is 2.36. The number of hydrogen-bond donors (Lipinski definition) is 3. The molecule has 1 aromatic heterocycles. The van der Waals surface area contributed by atoms with Crippen LogP contribution < -0.4 is 16.4 Å². The number of nitrogens with two attached hydrogens (primary N) is 1. The Hall–Kier alpha value is -1.40. The summed E-state index contributed by atoms with van der Waals surface area (Å²) in [5.41, 5.74) is 5.38. The van der Waals surface area contributed by atoms with Crippen molar-refractivity contribution in [3.8, 4) is 0 Å². The Kier molecular flexibility index (Phi) is 5.14. The van der Waals surface area contributed by atoms with Gasteiger partial charge in [0.15, 0.2) is 0 Å². The fourth-order valence-corrected chi connectivity index (χ4v) is 3.04. The maximum absolute atomic E-state index is 11.9. The molecule has 0 unspecified atom stereocenters. The Morgan fingerprint density at radius 1 is 1.25 bits per heavy atom. The van der Waals surface area contributed by atoms with Gasteiger partial charge in [-0.05, 0) is 30.7 Å². The molecule has 4 N–H and O–H groups in total. The van der Waals surface area contributed by atoms with Gasteiger partial charge in [0.2, 0.25) is 5.91 Å². The minimum atomic E-state index is -0.666. The lowest BCUT2D eigenvalue weighted by atomic mass is 9.98. The van der Waals surface area contributed by atoms with Gasteiger partial charge in [-0.15, -0.1) is 11.3 Å². The molecular formula is C14H21N3O2S. The summed E-state index contributed by atoms with van der Waals surface area (Å²) in [6, 6.07) is 3.64. The zero-order valence-electron chi connectivity index (χ0n) is 11.5. The van der Waals surface area contributed by atoms with Crippen LogP contribution in [-0.4, -0.2) is 30.4 Å². The minimum Gasteiger partial charge on any atom is -0.354 e. The highest BCUT2D eigenvalue weighted by Crippen LogP contribution is 2.27. The van der Waals surface area contributed by atoms with Gasteiger partial charge in [0.25, 0.3) is 5.91 Å². The number of thiophene rings is 1. The monoisotopic (exact) mass is 295 g/mol. The van der Waals surface area contributed by atoms with Crippen LogP contribution in [0.5, 0.6) is 0 Å². The average molecular weight is 295 g/mol. The number of hydrogen-bond acceptors (Lipinski definition) is 4. The van der Waals surface area contributed by atoms with Gasteiger partial charge in [0, 0.05) is 13.1 Å². The molecule has 0 atom stereocenters. The fourth-order valence-electron chi connectivity index (χ4n) is 2.40. The van der Waals surface area contributed by atoms with Gasteiger partial charge in [0.05, 0.1) is 10.4 Å². The topological polar surface area (TPSA) is 84.2 Å². The number of amides is 2. The van der Waals surface area contributed by atoms with E-state index in [4.69, 9.17) is 5.73 Å². The molecule has 0 radical (unpaired) electrons. The summed E-state index contributed by atoms with van der Waals surface area (Å²) in [6.07, 6.45) is 4.31. The first-order valence-corrected chi connectivity index (χ1v) is 7.89. The maximum Gasteiger partial charge on any atom is 0.261 e. The maximum atomic E-state index is 11.9. The molecule has 1 aliphatic rings. The number of carbonyl (C=O) groups excluding carboxylic acids is 2. The van der Waals surface area contributed by atoms with Gasteiger partial charge < -0.3 is 16.4 Å². The number of rotatable bonds is 6. The summed E-state index contributed by atoms with van der Waals surface area (Å²) in [4.78, 5) is 24.3. The smallest absolute Gasteiger partial charge is 0.261 e. The lowest BCUT2D eigenvalue weighted by molar-refractivity contribution is -0.126. The lowest BCUT2D eigenvalue weighted by Crippen LogP contribution is -2.52. The van der Waals surface area contributed by atoms with Crippen LogP contribution in [0.15, 0.2) is 17.5 Å². The number of nitrogens with one attached hydrogen (secondary N) is 2. The molecule has 1 fully saturated rings. The SMILES string of the molecule is NC1(C(=O)NCCCNC(=O)c2cccs2)CCCC1. The first-order chi connectivity index (χ1) is 9.62. The average Bonchev–Trinajstić information content (AvgIpc) is 3.09. The van der Waals surface area contributed by atoms with E-state index in [1.165, 1.54) is 11.3 Å². The summed E-state index contributed by atoms with van der Waals surface area (Å²) >= 11 is 1.42. The zero-order chi connectivity index (χ0) is 14.4. The third-order valence-electron chi connectivity index (χ3n) is 3.62. The van der Waals surface area contributed by atoms with Crippen LogP contribution in [0.1, 0.15) is 41.8 Å². The van der Waals surface area contributed by atoms with Crippen molar-refractivity contribution in [1.82, 2.24) is 10.6 Å². The molecule has 0 saturated heterocycles. The molecule has 1 aliphatic carbocycles. The van der Waals surface area contributed by atoms with E-state index in [1.807, 2.05) is 11.4 Å². The fraction of sp³-hybridized carbons (Fsp3) is 0.571. The van der Waals surface area contributed by atoms with Crippen LogP contribution in [0.4, 0.5) is 0 Å². The molecule has 0 aliphatic heterocycles. The van der Waals surface area contributed by atoms with Crippen molar-refractivity contribution in [3.63, 3.8) is 0 Å². The third kappa shape index (κ3) is 3.80. The van der Waals surface area contributed by atoms with Gasteiger partial charge in [-0.1, -0.05) is 18.9 Å². The van der Waals surface area contributed by atoms with E-state index >= 15 is 0 Å². The molecule has 1 heterocycles. The summed E-state index contributed by atoms with van der Waals surface area (Å²) in [5.74, 6) is -0.114. The minimum absolute atomic E-state index is 0.0559. The first-order valence-electron chi connectivity index (χ1n) is 7.01. The molecule has 2 rings (SSSR count). The molecule has 0 aromatic carbocycles. The Balaban J connectivity index is 1.60. The van der Waals surface area contributed by atoms with Crippen molar-refractivity contribution in [2.45, 2.75) is 37.6 Å². The van der Waals surface area contributed by atoms with E-state index in [2.05, 4.69) is 10.6 Å². The largest absolute Gasteiger partial charge is 0.354 e. The zero-order valence-corrected chi connectivity index (χ0v) is 12.3. The molecular weight excluding hydrogens is 274 g/mol. The van der Waals surface area contributed by atoms with Gasteiger partial charge in [-0.2, -0.15) is 0 Å². The van der Waals surface area contributed by atoms with Crippen LogP contribution in [-0.2, 0) is 4.79 Å². The summed E-state index contributed by atoms with van der Waals surface area (Å²) in [6.45, 7) is 1.09. The lowest BCUT2D eigenvalue weighted by Gasteiger charge is -2.22. The normalized spacial score (nSPS) is 16.9. The van der Waals surface area contributed by atoms with Crippen molar-refractivity contribution in [2.75, 3.05) is 13.1 Å². The quantitative estimate of drug-likeness (QED) is 0.691. The molecule has 5 nitrogen and oxygen atoms in total. The molecule has 0 bridgehead atoms. The molecule has 110 valence electrons. The highest BCUT2D eigenvalue weighted by molar-refractivity contribution is 7.12. The molecule has 0 spiro atoms. The highest BCUT2D eigenvalue weighted by atomic mass is 32.1. The standard InChI is InChI=1S/C14H21N3O2S/c15-14(6-1-2-7-14)13(19)17-9-4-8-16-12(18)11-5-3-10-20-11/h3,5,10H,1-2,4,6-9,15H2,(H,16,18)(H,17,19). The van der Waals surface area contributed by atoms with E-state index in [1.54, 1.807) is 6.07 Å².